The van der Waals surface area contributed by atoms with Crippen LogP contribution in [0.5, 0.6) is 0 Å². The van der Waals surface area contributed by atoms with Crippen LogP contribution in [0.4, 0.5) is 0 Å². The summed E-state index contributed by atoms with van der Waals surface area (Å²) in [5.74, 6) is 0.839. The smallest absolute Gasteiger partial charge is 0.247 e. The first-order valence-corrected chi connectivity index (χ1v) is 7.17. The van der Waals surface area contributed by atoms with Crippen LogP contribution in [0.15, 0.2) is 18.5 Å². The predicted octanol–water partition coefficient (Wildman–Crippen LogP) is 1.42. The van der Waals surface area contributed by atoms with Gasteiger partial charge in [0.05, 0.1) is 0 Å². The molecule has 5 nitrogen and oxygen atoms in total. The molecule has 1 saturated heterocycles. The summed E-state index contributed by atoms with van der Waals surface area (Å²) in [5.41, 5.74) is 5.85. The summed E-state index contributed by atoms with van der Waals surface area (Å²) >= 11 is 0. The monoisotopic (exact) mass is 264 g/mol. The summed E-state index contributed by atoms with van der Waals surface area (Å²) in [4.78, 5) is 14.5. The first-order valence-electron chi connectivity index (χ1n) is 7.17. The Bertz CT molecular complexity index is 404. The number of piperidine rings is 1. The lowest BCUT2D eigenvalue weighted by molar-refractivity contribution is -0.138. The number of carbonyl (C=O) groups excluding carboxylic acids is 1. The van der Waals surface area contributed by atoms with E-state index in [-0.39, 0.29) is 18.0 Å². The van der Waals surface area contributed by atoms with Crippen LogP contribution in [0.2, 0.25) is 0 Å². The number of carbonyl (C=O) groups is 1. The molecule has 0 bridgehead atoms. The number of hydrogen-bond donors (Lipinski definition) is 1. The molecule has 0 saturated carbocycles. The van der Waals surface area contributed by atoms with Gasteiger partial charge in [0.2, 0.25) is 5.91 Å². The van der Waals surface area contributed by atoms with Crippen LogP contribution in [0.3, 0.4) is 0 Å². The van der Waals surface area contributed by atoms with Gasteiger partial charge in [0.15, 0.2) is 0 Å². The van der Waals surface area contributed by atoms with E-state index < -0.39 is 0 Å². The van der Waals surface area contributed by atoms with Crippen molar-refractivity contribution in [2.75, 3.05) is 13.1 Å². The van der Waals surface area contributed by atoms with E-state index in [1.54, 1.807) is 10.9 Å². The highest BCUT2D eigenvalue weighted by atomic mass is 16.2. The van der Waals surface area contributed by atoms with Crippen LogP contribution in [0.1, 0.15) is 39.2 Å². The molecule has 0 spiro atoms. The van der Waals surface area contributed by atoms with E-state index in [9.17, 15) is 4.79 Å². The minimum absolute atomic E-state index is 0.133. The lowest BCUT2D eigenvalue weighted by atomic mass is 9.88. The fourth-order valence-electron chi connectivity index (χ4n) is 2.88. The molecule has 2 rings (SSSR count). The van der Waals surface area contributed by atoms with Crippen LogP contribution < -0.4 is 5.73 Å². The van der Waals surface area contributed by atoms with Crippen LogP contribution in [0.25, 0.3) is 0 Å². The number of nitrogens with two attached hydrogens (primary N) is 1. The molecule has 3 atom stereocenters. The number of likely N-dealkylation sites (tertiary alicyclic amines) is 1. The third-order valence-electron chi connectivity index (χ3n) is 4.24. The highest BCUT2D eigenvalue weighted by Crippen LogP contribution is 2.26. The van der Waals surface area contributed by atoms with Crippen molar-refractivity contribution in [3.05, 3.63) is 18.5 Å². The topological polar surface area (TPSA) is 64.2 Å². The van der Waals surface area contributed by atoms with E-state index in [1.165, 1.54) is 6.42 Å². The molecular weight excluding hydrogens is 240 g/mol. The van der Waals surface area contributed by atoms with Crippen molar-refractivity contribution in [1.82, 2.24) is 14.7 Å². The van der Waals surface area contributed by atoms with E-state index in [0.29, 0.717) is 12.5 Å². The van der Waals surface area contributed by atoms with Crippen molar-refractivity contribution < 1.29 is 4.79 Å². The normalized spacial score (nSPS) is 25.3. The quantitative estimate of drug-likeness (QED) is 0.894. The van der Waals surface area contributed by atoms with Gasteiger partial charge in [-0.1, -0.05) is 13.3 Å². The SMILES string of the molecule is CCC1CCN(C(=O)C(C)n2cccn2)C(CN)C1. The Kier molecular flexibility index (Phi) is 4.58. The summed E-state index contributed by atoms with van der Waals surface area (Å²) in [7, 11) is 0. The van der Waals surface area contributed by atoms with Gasteiger partial charge in [-0.05, 0) is 31.7 Å². The molecule has 2 heterocycles. The summed E-state index contributed by atoms with van der Waals surface area (Å²) in [5, 5.41) is 4.15. The van der Waals surface area contributed by atoms with Gasteiger partial charge in [0.25, 0.3) is 0 Å². The highest BCUT2D eigenvalue weighted by molar-refractivity contribution is 5.80. The van der Waals surface area contributed by atoms with Gasteiger partial charge in [-0.2, -0.15) is 5.10 Å². The zero-order valence-corrected chi connectivity index (χ0v) is 11.8. The van der Waals surface area contributed by atoms with Crippen LogP contribution in [-0.4, -0.2) is 39.7 Å². The first kappa shape index (κ1) is 14.1. The molecule has 0 aromatic carbocycles. The molecule has 5 heteroatoms. The third kappa shape index (κ3) is 2.97. The van der Waals surface area contributed by atoms with E-state index in [4.69, 9.17) is 5.73 Å². The molecule has 2 N–H and O–H groups in total. The van der Waals surface area contributed by atoms with Gasteiger partial charge in [0, 0.05) is 31.5 Å². The maximum atomic E-state index is 12.6. The second-order valence-electron chi connectivity index (χ2n) is 5.38. The summed E-state index contributed by atoms with van der Waals surface area (Å²) in [6.07, 6.45) is 6.83. The van der Waals surface area contributed by atoms with Crippen molar-refractivity contribution in [1.29, 1.82) is 0 Å². The Balaban J connectivity index is 2.05. The fraction of sp³-hybridized carbons (Fsp3) is 0.714. The number of aromatic nitrogens is 2. The van der Waals surface area contributed by atoms with Crippen LogP contribution in [0, 0.1) is 5.92 Å². The van der Waals surface area contributed by atoms with Crippen molar-refractivity contribution in [2.45, 2.75) is 45.2 Å². The van der Waals surface area contributed by atoms with Crippen molar-refractivity contribution in [2.24, 2.45) is 11.7 Å². The molecule has 19 heavy (non-hydrogen) atoms. The van der Waals surface area contributed by atoms with Gasteiger partial charge in [-0.25, -0.2) is 0 Å². The molecule has 1 aromatic rings. The highest BCUT2D eigenvalue weighted by Gasteiger charge is 2.32. The average Bonchev–Trinajstić information content (AvgIpc) is 2.99. The van der Waals surface area contributed by atoms with Crippen molar-refractivity contribution in [3.8, 4) is 0 Å². The van der Waals surface area contributed by atoms with Gasteiger partial charge in [-0.3, -0.25) is 9.48 Å². The molecule has 3 unspecified atom stereocenters. The zero-order chi connectivity index (χ0) is 13.8. The Morgan fingerprint density at radius 1 is 1.58 bits per heavy atom. The van der Waals surface area contributed by atoms with E-state index in [1.807, 2.05) is 24.1 Å². The standard InChI is InChI=1S/C14H24N4O/c1-3-12-5-8-17(13(9-12)10-15)14(19)11(2)18-7-4-6-16-18/h4,6-7,11-13H,3,5,8-10,15H2,1-2H3. The zero-order valence-electron chi connectivity index (χ0n) is 11.8. The largest absolute Gasteiger partial charge is 0.337 e. The molecule has 1 aromatic heterocycles. The number of hydrogen-bond acceptors (Lipinski definition) is 3. The Morgan fingerprint density at radius 2 is 2.37 bits per heavy atom. The number of rotatable bonds is 4. The molecule has 0 aliphatic carbocycles. The van der Waals surface area contributed by atoms with Crippen molar-refractivity contribution in [3.63, 3.8) is 0 Å². The second kappa shape index (κ2) is 6.19. The summed E-state index contributed by atoms with van der Waals surface area (Å²) in [6.45, 7) is 5.48. The first-order chi connectivity index (χ1) is 9.17. The molecule has 1 aliphatic rings. The van der Waals surface area contributed by atoms with Gasteiger partial charge in [-0.15, -0.1) is 0 Å². The number of nitrogens with zero attached hydrogens (tertiary/aromatic N) is 3. The van der Waals surface area contributed by atoms with Crippen molar-refractivity contribution >= 4 is 5.91 Å². The number of amides is 1. The molecule has 1 aliphatic heterocycles. The van der Waals surface area contributed by atoms with Gasteiger partial charge >= 0.3 is 0 Å². The fourth-order valence-corrected chi connectivity index (χ4v) is 2.88. The minimum atomic E-state index is -0.248. The van der Waals surface area contributed by atoms with Gasteiger partial charge in [0.1, 0.15) is 6.04 Å². The average molecular weight is 264 g/mol. The molecule has 1 fully saturated rings. The van der Waals surface area contributed by atoms with Gasteiger partial charge < -0.3 is 10.6 Å². The summed E-state index contributed by atoms with van der Waals surface area (Å²) in [6, 6.07) is 1.78. The van der Waals surface area contributed by atoms with E-state index >= 15 is 0 Å². The Hall–Kier alpha value is -1.36. The van der Waals surface area contributed by atoms with Crippen LogP contribution in [-0.2, 0) is 4.79 Å². The van der Waals surface area contributed by atoms with Crippen LogP contribution >= 0.6 is 0 Å². The third-order valence-corrected chi connectivity index (χ3v) is 4.24. The van der Waals surface area contributed by atoms with E-state index in [0.717, 1.165) is 19.4 Å². The lowest BCUT2D eigenvalue weighted by Gasteiger charge is -2.40. The molecule has 1 amide bonds. The lowest BCUT2D eigenvalue weighted by Crippen LogP contribution is -2.51. The Labute approximate surface area is 114 Å². The summed E-state index contributed by atoms with van der Waals surface area (Å²) < 4.78 is 1.71. The maximum Gasteiger partial charge on any atom is 0.247 e. The molecule has 106 valence electrons. The molecule has 0 radical (unpaired) electrons. The second-order valence-corrected chi connectivity index (χ2v) is 5.38. The molecular formula is C14H24N4O. The Morgan fingerprint density at radius 3 is 2.95 bits per heavy atom. The van der Waals surface area contributed by atoms with E-state index in [2.05, 4.69) is 12.0 Å². The maximum absolute atomic E-state index is 12.6. The minimum Gasteiger partial charge on any atom is -0.337 e. The predicted molar refractivity (Wildman–Crippen MR) is 74.5 cm³/mol.